The number of rotatable bonds is 7. The maximum absolute atomic E-state index is 14.6. The fourth-order valence-corrected chi connectivity index (χ4v) is 6.93. The maximum atomic E-state index is 14.6. The minimum absolute atomic E-state index is 0.0558. The molecule has 0 saturated carbocycles. The van der Waals surface area contributed by atoms with Gasteiger partial charge in [-0.3, -0.25) is 19.5 Å². The van der Waals surface area contributed by atoms with Crippen molar-refractivity contribution in [1.82, 2.24) is 4.98 Å². The van der Waals surface area contributed by atoms with Gasteiger partial charge in [0.1, 0.15) is 11.7 Å². The first-order valence-electron chi connectivity index (χ1n) is 13.1. The Kier molecular flexibility index (Phi) is 8.49. The second kappa shape index (κ2) is 12.1. The van der Waals surface area contributed by atoms with E-state index in [9.17, 15) is 14.4 Å². The Morgan fingerprint density at radius 1 is 1.10 bits per heavy atom. The molecule has 212 valence electrons. The average Bonchev–Trinajstić information content (AvgIpc) is 3.47. The number of esters is 2. The fourth-order valence-electron chi connectivity index (χ4n) is 5.55. The summed E-state index contributed by atoms with van der Waals surface area (Å²) in [6.45, 7) is 3.59. The summed E-state index contributed by atoms with van der Waals surface area (Å²) in [7, 11) is 0. The molecule has 0 fully saturated rings. The van der Waals surface area contributed by atoms with Gasteiger partial charge in [0.25, 0.3) is 0 Å². The number of ether oxygens (including phenoxy) is 2. The fraction of sp³-hybridized carbons (Fsp3) is 0.267. The molecule has 41 heavy (non-hydrogen) atoms. The molecular formula is C30H27Cl2N3O5S. The lowest BCUT2D eigenvalue weighted by Crippen LogP contribution is -2.46. The van der Waals surface area contributed by atoms with E-state index >= 15 is 0 Å². The molecule has 2 aliphatic rings. The van der Waals surface area contributed by atoms with Crippen molar-refractivity contribution in [2.45, 2.75) is 32.1 Å². The molecule has 0 unspecified atom stereocenters. The Labute approximate surface area is 251 Å². The molecule has 0 radical (unpaired) electrons. The van der Waals surface area contributed by atoms with Gasteiger partial charge in [-0.25, -0.2) is 4.79 Å². The number of nitrogens with zero attached hydrogens (tertiary/aromatic N) is 2. The van der Waals surface area contributed by atoms with Crippen molar-refractivity contribution in [2.75, 3.05) is 18.1 Å². The number of ketones is 1. The first kappa shape index (κ1) is 28.9. The molecule has 1 aliphatic carbocycles. The molecule has 0 spiro atoms. The number of nitrogens with two attached hydrogens (primary N) is 1. The van der Waals surface area contributed by atoms with Gasteiger partial charge in [0.2, 0.25) is 0 Å². The molecule has 5 rings (SSSR count). The van der Waals surface area contributed by atoms with Crippen LogP contribution in [0.25, 0.3) is 0 Å². The largest absolute Gasteiger partial charge is 0.465 e. The minimum Gasteiger partial charge on any atom is -0.465 e. The van der Waals surface area contributed by atoms with Crippen LogP contribution in [-0.4, -0.2) is 35.9 Å². The van der Waals surface area contributed by atoms with Crippen LogP contribution in [0.15, 0.2) is 82.9 Å². The van der Waals surface area contributed by atoms with Gasteiger partial charge in [-0.15, -0.1) is 11.3 Å². The first-order chi connectivity index (χ1) is 19.8. The highest BCUT2D eigenvalue weighted by Gasteiger charge is 2.51. The number of carbonyl (C=O) groups is 3. The summed E-state index contributed by atoms with van der Waals surface area (Å²) in [6, 6.07) is 12.1. The lowest BCUT2D eigenvalue weighted by Gasteiger charge is -2.43. The number of Topliss-reactive ketones (excluding diaryl/α,β-unsaturated/α-hetero) is 1. The lowest BCUT2D eigenvalue weighted by molar-refractivity contribution is -0.152. The number of thiophene rings is 1. The highest BCUT2D eigenvalue weighted by molar-refractivity contribution is 7.10. The third-order valence-corrected chi connectivity index (χ3v) is 8.55. The Bertz CT molecular complexity index is 1540. The molecule has 1 aromatic carbocycles. The van der Waals surface area contributed by atoms with Crippen LogP contribution in [0.3, 0.4) is 0 Å². The van der Waals surface area contributed by atoms with Gasteiger partial charge in [-0.05, 0) is 61.5 Å². The second-order valence-corrected chi connectivity index (χ2v) is 11.3. The smallest absolute Gasteiger partial charge is 0.338 e. The quantitative estimate of drug-likeness (QED) is 0.256. The van der Waals surface area contributed by atoms with Crippen LogP contribution in [-0.2, 0) is 23.9 Å². The zero-order valence-electron chi connectivity index (χ0n) is 22.3. The number of hydrogen-bond acceptors (Lipinski definition) is 9. The molecular weight excluding hydrogens is 585 g/mol. The van der Waals surface area contributed by atoms with Crippen molar-refractivity contribution in [2.24, 2.45) is 11.7 Å². The van der Waals surface area contributed by atoms with Crippen LogP contribution >= 0.6 is 34.5 Å². The number of aromatic nitrogens is 1. The summed E-state index contributed by atoms with van der Waals surface area (Å²) in [4.78, 5) is 48.3. The summed E-state index contributed by atoms with van der Waals surface area (Å²) < 4.78 is 10.9. The van der Waals surface area contributed by atoms with Crippen molar-refractivity contribution in [3.8, 4) is 0 Å². The standard InChI is InChI=1S/C30H27Cl2N3O5S/c1-3-39-29(37)24-20(22-8-6-10-41-22)14-21-25(27(24)36)23(16-7-5-9-34-15-16)26(30(38)40-4-2)28(33)35(21)19-12-17(31)11-18(32)13-19/h5-13,15,20,23-24H,3-4,14,33H2,1-2H3/t20-,23-,24+/m0/s1. The summed E-state index contributed by atoms with van der Waals surface area (Å²) in [5.41, 5.74) is 8.69. The highest BCUT2D eigenvalue weighted by Crippen LogP contribution is 2.52. The van der Waals surface area contributed by atoms with E-state index in [0.29, 0.717) is 27.0 Å². The monoisotopic (exact) mass is 611 g/mol. The van der Waals surface area contributed by atoms with Crippen molar-refractivity contribution >= 4 is 57.9 Å². The van der Waals surface area contributed by atoms with E-state index in [-0.39, 0.29) is 36.6 Å². The Hall–Kier alpha value is -3.66. The SMILES string of the molecule is CCOC(=O)C1=C(N)N(c2cc(Cl)cc(Cl)c2)C2=C(C(=O)[C@H](C(=O)OCC)[C@H](c3cccs3)C2)[C@@H]1c1cccnc1. The third kappa shape index (κ3) is 5.37. The zero-order chi connectivity index (χ0) is 29.3. The van der Waals surface area contributed by atoms with E-state index in [0.717, 1.165) is 4.88 Å². The molecule has 1 aliphatic heterocycles. The highest BCUT2D eigenvalue weighted by atomic mass is 35.5. The minimum atomic E-state index is -1.13. The van der Waals surface area contributed by atoms with Crippen LogP contribution < -0.4 is 10.6 Å². The van der Waals surface area contributed by atoms with E-state index < -0.39 is 35.5 Å². The molecule has 8 nitrogen and oxygen atoms in total. The number of halogens is 2. The summed E-state index contributed by atoms with van der Waals surface area (Å²) in [5, 5.41) is 2.58. The van der Waals surface area contributed by atoms with Crippen molar-refractivity contribution in [3.63, 3.8) is 0 Å². The Morgan fingerprint density at radius 3 is 2.44 bits per heavy atom. The van der Waals surface area contributed by atoms with Gasteiger partial charge in [0.15, 0.2) is 5.78 Å². The van der Waals surface area contributed by atoms with Gasteiger partial charge < -0.3 is 15.2 Å². The molecule has 0 bridgehead atoms. The van der Waals surface area contributed by atoms with E-state index in [4.69, 9.17) is 38.4 Å². The maximum Gasteiger partial charge on any atom is 0.338 e. The summed E-state index contributed by atoms with van der Waals surface area (Å²) >= 11 is 14.2. The Balaban J connectivity index is 1.83. The van der Waals surface area contributed by atoms with Gasteiger partial charge in [0.05, 0.1) is 30.4 Å². The van der Waals surface area contributed by atoms with Gasteiger partial charge in [-0.1, -0.05) is 35.3 Å². The molecule has 3 aromatic rings. The van der Waals surface area contributed by atoms with Crippen LogP contribution in [0.2, 0.25) is 10.0 Å². The van der Waals surface area contributed by atoms with Gasteiger partial charge in [-0.2, -0.15) is 0 Å². The second-order valence-electron chi connectivity index (χ2n) is 9.48. The number of allylic oxidation sites excluding steroid dienone is 2. The van der Waals surface area contributed by atoms with E-state index in [1.54, 1.807) is 61.5 Å². The predicted molar refractivity (Wildman–Crippen MR) is 158 cm³/mol. The molecule has 0 amide bonds. The number of pyridine rings is 1. The lowest BCUT2D eigenvalue weighted by atomic mass is 9.68. The normalized spacial score (nSPS) is 20.6. The molecule has 0 saturated heterocycles. The van der Waals surface area contributed by atoms with Crippen LogP contribution in [0.5, 0.6) is 0 Å². The van der Waals surface area contributed by atoms with Crippen LogP contribution in [0.1, 0.15) is 42.5 Å². The van der Waals surface area contributed by atoms with Gasteiger partial charge >= 0.3 is 11.9 Å². The van der Waals surface area contributed by atoms with Crippen LogP contribution in [0.4, 0.5) is 5.69 Å². The third-order valence-electron chi connectivity index (χ3n) is 7.11. The molecule has 2 N–H and O–H groups in total. The van der Waals surface area contributed by atoms with E-state index in [1.165, 1.54) is 11.3 Å². The summed E-state index contributed by atoms with van der Waals surface area (Å²) in [6.07, 6.45) is 3.42. The molecule has 11 heteroatoms. The number of anilines is 1. The summed E-state index contributed by atoms with van der Waals surface area (Å²) in [5.74, 6) is -4.28. The number of carbonyl (C=O) groups excluding carboxylic acids is 3. The first-order valence-corrected chi connectivity index (χ1v) is 14.7. The van der Waals surface area contributed by atoms with Crippen molar-refractivity contribution < 1.29 is 23.9 Å². The average molecular weight is 613 g/mol. The molecule has 3 heterocycles. The van der Waals surface area contributed by atoms with Crippen LogP contribution in [0, 0.1) is 5.92 Å². The van der Waals surface area contributed by atoms with E-state index in [1.807, 2.05) is 17.5 Å². The number of benzene rings is 1. The Morgan fingerprint density at radius 2 is 1.83 bits per heavy atom. The van der Waals surface area contributed by atoms with E-state index in [2.05, 4.69) is 4.98 Å². The predicted octanol–water partition coefficient (Wildman–Crippen LogP) is 5.98. The number of hydrogen-bond donors (Lipinski definition) is 1. The van der Waals surface area contributed by atoms with Crippen molar-refractivity contribution in [3.05, 3.63) is 103 Å². The molecule has 3 atom stereocenters. The van der Waals surface area contributed by atoms with Crippen molar-refractivity contribution in [1.29, 1.82) is 0 Å². The van der Waals surface area contributed by atoms with Gasteiger partial charge in [0, 0.05) is 44.5 Å². The topological polar surface area (TPSA) is 112 Å². The molecule has 2 aromatic heterocycles. The zero-order valence-corrected chi connectivity index (χ0v) is 24.6.